The van der Waals surface area contributed by atoms with Crippen LogP contribution >= 0.6 is 23.2 Å². The van der Waals surface area contributed by atoms with Crippen molar-refractivity contribution in [3.63, 3.8) is 0 Å². The molecule has 3 N–H and O–H groups in total. The summed E-state index contributed by atoms with van der Waals surface area (Å²) in [6, 6.07) is -0.171. The van der Waals surface area contributed by atoms with E-state index >= 15 is 0 Å². The standard InChI is InChI=1S/C8H10Cl2N4O/c1-4(2-9)14-8(15)5-6(10)12-3-13-7(5)11/h3-4H,2H2,1H3,(H,14,15)(H2,11,12,13)/t4-/m0/s1. The lowest BCUT2D eigenvalue weighted by atomic mass is 10.2. The van der Waals surface area contributed by atoms with E-state index in [4.69, 9.17) is 28.9 Å². The Kier molecular flexibility index (Phi) is 4.11. The number of aromatic nitrogens is 2. The van der Waals surface area contributed by atoms with Crippen molar-refractivity contribution in [1.82, 2.24) is 15.3 Å². The summed E-state index contributed by atoms with van der Waals surface area (Å²) in [5.74, 6) is -0.0720. The van der Waals surface area contributed by atoms with E-state index < -0.39 is 5.91 Å². The highest BCUT2D eigenvalue weighted by Gasteiger charge is 2.17. The van der Waals surface area contributed by atoms with Gasteiger partial charge in [0.15, 0.2) is 0 Å². The SMILES string of the molecule is C[C@@H](CCl)NC(=O)c1c(N)ncnc1Cl. The minimum absolute atomic E-state index is 0.0294. The summed E-state index contributed by atoms with van der Waals surface area (Å²) in [6.07, 6.45) is 1.19. The Labute approximate surface area is 97.0 Å². The number of hydrogen-bond donors (Lipinski definition) is 2. The molecule has 0 radical (unpaired) electrons. The Morgan fingerprint density at radius 2 is 2.33 bits per heavy atom. The number of nitrogens with zero attached hydrogens (tertiary/aromatic N) is 2. The van der Waals surface area contributed by atoms with Crippen molar-refractivity contribution in [2.45, 2.75) is 13.0 Å². The summed E-state index contributed by atoms with van der Waals surface area (Å²) in [6.45, 7) is 1.76. The van der Waals surface area contributed by atoms with Gasteiger partial charge in [-0.1, -0.05) is 11.6 Å². The molecule has 0 spiro atoms. The summed E-state index contributed by atoms with van der Waals surface area (Å²) < 4.78 is 0. The van der Waals surface area contributed by atoms with Gasteiger partial charge in [0.25, 0.3) is 5.91 Å². The smallest absolute Gasteiger partial charge is 0.258 e. The molecule has 1 aromatic rings. The maximum atomic E-state index is 11.6. The summed E-state index contributed by atoms with van der Waals surface area (Å²) in [4.78, 5) is 19.0. The number of amides is 1. The molecule has 0 bridgehead atoms. The van der Waals surface area contributed by atoms with Crippen molar-refractivity contribution in [2.24, 2.45) is 0 Å². The van der Waals surface area contributed by atoms with Gasteiger partial charge in [0.1, 0.15) is 22.9 Å². The highest BCUT2D eigenvalue weighted by molar-refractivity contribution is 6.33. The van der Waals surface area contributed by atoms with E-state index in [1.807, 2.05) is 0 Å². The quantitative estimate of drug-likeness (QED) is 0.620. The third-order valence-corrected chi connectivity index (χ3v) is 2.42. The molecule has 0 aliphatic rings. The van der Waals surface area contributed by atoms with Gasteiger partial charge in [-0.15, -0.1) is 11.6 Å². The van der Waals surface area contributed by atoms with Gasteiger partial charge in [0.05, 0.1) is 0 Å². The number of alkyl halides is 1. The van der Waals surface area contributed by atoms with Crippen LogP contribution < -0.4 is 11.1 Å². The second-order valence-electron chi connectivity index (χ2n) is 2.95. The fourth-order valence-corrected chi connectivity index (χ4v) is 1.22. The molecule has 0 saturated heterocycles. The van der Waals surface area contributed by atoms with E-state index in [1.54, 1.807) is 6.92 Å². The molecular formula is C8H10Cl2N4O. The zero-order valence-electron chi connectivity index (χ0n) is 8.00. The molecule has 7 heteroatoms. The highest BCUT2D eigenvalue weighted by atomic mass is 35.5. The fraction of sp³-hybridized carbons (Fsp3) is 0.375. The zero-order chi connectivity index (χ0) is 11.4. The first kappa shape index (κ1) is 12.0. The third-order valence-electron chi connectivity index (χ3n) is 1.67. The largest absolute Gasteiger partial charge is 0.383 e. The summed E-state index contributed by atoms with van der Waals surface area (Å²) in [5, 5.41) is 2.64. The van der Waals surface area contributed by atoms with E-state index in [9.17, 15) is 4.79 Å². The van der Waals surface area contributed by atoms with Gasteiger partial charge in [-0.2, -0.15) is 0 Å². The van der Waals surface area contributed by atoms with Gasteiger partial charge < -0.3 is 11.1 Å². The van der Waals surface area contributed by atoms with Gasteiger partial charge in [-0.3, -0.25) is 4.79 Å². The lowest BCUT2D eigenvalue weighted by Crippen LogP contribution is -2.34. The number of anilines is 1. The number of halogens is 2. The normalized spacial score (nSPS) is 12.2. The van der Waals surface area contributed by atoms with Crippen LogP contribution in [0.25, 0.3) is 0 Å². The molecule has 0 fully saturated rings. The van der Waals surface area contributed by atoms with E-state index in [1.165, 1.54) is 6.33 Å². The molecule has 1 amide bonds. The molecule has 0 unspecified atom stereocenters. The van der Waals surface area contributed by atoms with Gasteiger partial charge in [0, 0.05) is 11.9 Å². The van der Waals surface area contributed by atoms with Crippen LogP contribution in [0, 0.1) is 0 Å². The molecule has 0 saturated carbocycles. The van der Waals surface area contributed by atoms with E-state index in [0.29, 0.717) is 5.88 Å². The maximum Gasteiger partial charge on any atom is 0.258 e. The predicted octanol–water partition coefficient (Wildman–Crippen LogP) is 1.07. The van der Waals surface area contributed by atoms with Gasteiger partial charge in [-0.05, 0) is 6.92 Å². The summed E-state index contributed by atoms with van der Waals surface area (Å²) in [5.41, 5.74) is 5.59. The molecule has 15 heavy (non-hydrogen) atoms. The van der Waals surface area contributed by atoms with Crippen LogP contribution in [0.1, 0.15) is 17.3 Å². The Morgan fingerprint density at radius 3 is 2.87 bits per heavy atom. The van der Waals surface area contributed by atoms with Crippen molar-refractivity contribution in [3.8, 4) is 0 Å². The molecule has 0 aliphatic heterocycles. The first-order valence-electron chi connectivity index (χ1n) is 4.19. The number of rotatable bonds is 3. The molecule has 1 rings (SSSR count). The summed E-state index contributed by atoms with van der Waals surface area (Å²) in [7, 11) is 0. The Morgan fingerprint density at radius 1 is 1.67 bits per heavy atom. The number of carbonyl (C=O) groups is 1. The monoisotopic (exact) mass is 248 g/mol. The second kappa shape index (κ2) is 5.14. The van der Waals surface area contributed by atoms with E-state index in [-0.39, 0.29) is 22.6 Å². The van der Waals surface area contributed by atoms with E-state index in [2.05, 4.69) is 15.3 Å². The molecule has 1 atom stereocenters. The van der Waals surface area contributed by atoms with Crippen molar-refractivity contribution in [2.75, 3.05) is 11.6 Å². The predicted molar refractivity (Wildman–Crippen MR) is 59.1 cm³/mol. The van der Waals surface area contributed by atoms with Crippen LogP contribution in [-0.2, 0) is 0 Å². The van der Waals surface area contributed by atoms with Crippen LogP contribution in [0.3, 0.4) is 0 Å². The summed E-state index contributed by atoms with van der Waals surface area (Å²) >= 11 is 11.3. The maximum absolute atomic E-state index is 11.6. The van der Waals surface area contributed by atoms with Crippen LogP contribution in [-0.4, -0.2) is 27.8 Å². The van der Waals surface area contributed by atoms with Gasteiger partial charge in [-0.25, -0.2) is 9.97 Å². The van der Waals surface area contributed by atoms with Crippen LogP contribution in [0.5, 0.6) is 0 Å². The average Bonchev–Trinajstić information content (AvgIpc) is 2.17. The van der Waals surface area contributed by atoms with Gasteiger partial charge >= 0.3 is 0 Å². The Bertz CT molecular complexity index is 351. The van der Waals surface area contributed by atoms with Crippen molar-refractivity contribution in [3.05, 3.63) is 17.0 Å². The van der Waals surface area contributed by atoms with Crippen molar-refractivity contribution >= 4 is 34.9 Å². The number of nitrogen functional groups attached to an aromatic ring is 1. The topological polar surface area (TPSA) is 80.9 Å². The second-order valence-corrected chi connectivity index (χ2v) is 3.62. The van der Waals surface area contributed by atoms with Crippen molar-refractivity contribution < 1.29 is 4.79 Å². The average molecular weight is 249 g/mol. The van der Waals surface area contributed by atoms with E-state index in [0.717, 1.165) is 0 Å². The lowest BCUT2D eigenvalue weighted by molar-refractivity contribution is 0.0944. The van der Waals surface area contributed by atoms with Gasteiger partial charge in [0.2, 0.25) is 0 Å². The molecule has 1 aromatic heterocycles. The van der Waals surface area contributed by atoms with Crippen LogP contribution in [0.4, 0.5) is 5.82 Å². The van der Waals surface area contributed by atoms with Crippen LogP contribution in [0.15, 0.2) is 6.33 Å². The Balaban J connectivity index is 2.91. The number of carbonyl (C=O) groups excluding carboxylic acids is 1. The minimum atomic E-state index is -0.425. The van der Waals surface area contributed by atoms with Crippen LogP contribution in [0.2, 0.25) is 5.15 Å². The zero-order valence-corrected chi connectivity index (χ0v) is 9.51. The van der Waals surface area contributed by atoms with Crippen molar-refractivity contribution in [1.29, 1.82) is 0 Å². The fourth-order valence-electron chi connectivity index (χ4n) is 0.921. The first-order valence-corrected chi connectivity index (χ1v) is 5.10. The number of nitrogens with one attached hydrogen (secondary N) is 1. The number of hydrogen-bond acceptors (Lipinski definition) is 4. The molecule has 0 aliphatic carbocycles. The first-order chi connectivity index (χ1) is 7.06. The molecule has 82 valence electrons. The minimum Gasteiger partial charge on any atom is -0.383 e. The Hall–Kier alpha value is -1.07. The third kappa shape index (κ3) is 2.94. The molecule has 5 nitrogen and oxygen atoms in total. The molecule has 1 heterocycles. The highest BCUT2D eigenvalue weighted by Crippen LogP contribution is 2.16. The lowest BCUT2D eigenvalue weighted by Gasteiger charge is -2.11. The number of nitrogens with two attached hydrogens (primary N) is 1. The molecule has 0 aromatic carbocycles. The molecular weight excluding hydrogens is 239 g/mol.